The maximum absolute atomic E-state index is 9.14. The molecule has 2 rings (SSSR count). The van der Waals surface area contributed by atoms with Gasteiger partial charge in [-0.2, -0.15) is 5.26 Å². The maximum atomic E-state index is 9.14. The summed E-state index contributed by atoms with van der Waals surface area (Å²) in [5.41, 5.74) is 3.93. The smallest absolute Gasteiger partial charge is 0.101 e. The van der Waals surface area contributed by atoms with Crippen LogP contribution in [0.15, 0.2) is 30.3 Å². The molecule has 2 aromatic carbocycles. The van der Waals surface area contributed by atoms with E-state index in [9.17, 15) is 0 Å². The van der Waals surface area contributed by atoms with Crippen LogP contribution in [-0.4, -0.2) is 0 Å². The third-order valence-electron chi connectivity index (χ3n) is 2.90. The normalized spacial score (nSPS) is 10.1. The van der Waals surface area contributed by atoms with Crippen LogP contribution in [0, 0.1) is 25.2 Å². The Morgan fingerprint density at radius 3 is 2.47 bits per heavy atom. The van der Waals surface area contributed by atoms with Crippen LogP contribution in [0.2, 0.25) is 10.0 Å². The summed E-state index contributed by atoms with van der Waals surface area (Å²) < 4.78 is 0. The van der Waals surface area contributed by atoms with Crippen molar-refractivity contribution in [2.24, 2.45) is 0 Å². The van der Waals surface area contributed by atoms with Crippen molar-refractivity contribution >= 4 is 34.6 Å². The third kappa shape index (κ3) is 2.84. The van der Waals surface area contributed by atoms with Crippen LogP contribution in [0.5, 0.6) is 0 Å². The molecule has 0 aromatic heterocycles. The molecule has 0 saturated heterocycles. The van der Waals surface area contributed by atoms with E-state index in [4.69, 9.17) is 28.5 Å². The van der Waals surface area contributed by atoms with Crippen molar-refractivity contribution in [2.75, 3.05) is 5.32 Å². The van der Waals surface area contributed by atoms with Gasteiger partial charge in [-0.3, -0.25) is 0 Å². The summed E-state index contributed by atoms with van der Waals surface area (Å²) >= 11 is 12.3. The Hall–Kier alpha value is -1.69. The first-order valence-electron chi connectivity index (χ1n) is 5.75. The molecule has 0 bridgehead atoms. The first kappa shape index (κ1) is 13.7. The number of nitrogens with zero attached hydrogens (tertiary/aromatic N) is 1. The molecule has 0 spiro atoms. The van der Waals surface area contributed by atoms with Crippen molar-refractivity contribution in [3.63, 3.8) is 0 Å². The number of nitriles is 1. The molecule has 0 fully saturated rings. The lowest BCUT2D eigenvalue weighted by Gasteiger charge is -2.13. The highest BCUT2D eigenvalue weighted by Crippen LogP contribution is 2.33. The average molecular weight is 291 g/mol. The zero-order chi connectivity index (χ0) is 14.0. The van der Waals surface area contributed by atoms with Gasteiger partial charge < -0.3 is 5.32 Å². The largest absolute Gasteiger partial charge is 0.353 e. The Morgan fingerprint density at radius 2 is 1.79 bits per heavy atom. The summed E-state index contributed by atoms with van der Waals surface area (Å²) in [5, 5.41) is 13.5. The Balaban J connectivity index is 2.48. The molecule has 0 aliphatic carbocycles. The number of hydrogen-bond acceptors (Lipinski definition) is 2. The molecule has 0 radical (unpaired) electrons. The van der Waals surface area contributed by atoms with Crippen LogP contribution < -0.4 is 5.32 Å². The number of benzene rings is 2. The predicted octanol–water partition coefficient (Wildman–Crippen LogP) is 5.23. The SMILES string of the molecule is Cc1cc(Cl)c(Nc2c(C)cccc2C#N)cc1Cl. The van der Waals surface area contributed by atoms with E-state index in [0.29, 0.717) is 21.3 Å². The molecule has 0 aliphatic rings. The van der Waals surface area contributed by atoms with Gasteiger partial charge in [-0.25, -0.2) is 0 Å². The third-order valence-corrected chi connectivity index (χ3v) is 3.62. The molecule has 0 amide bonds. The Labute approximate surface area is 122 Å². The molecule has 96 valence electrons. The highest BCUT2D eigenvalue weighted by molar-refractivity contribution is 6.35. The minimum atomic E-state index is 0.577. The lowest BCUT2D eigenvalue weighted by Crippen LogP contribution is -1.97. The molecule has 4 heteroatoms. The van der Waals surface area contributed by atoms with Crippen molar-refractivity contribution in [3.8, 4) is 6.07 Å². The van der Waals surface area contributed by atoms with Gasteiger partial charge in [-0.15, -0.1) is 0 Å². The summed E-state index contributed by atoms with van der Waals surface area (Å²) in [6.07, 6.45) is 0. The topological polar surface area (TPSA) is 35.8 Å². The standard InChI is InChI=1S/C15H12Cl2N2/c1-9-4-3-5-11(8-18)15(9)19-14-7-12(16)10(2)6-13(14)17/h3-7,19H,1-2H3. The van der Waals surface area contributed by atoms with E-state index in [1.165, 1.54) is 0 Å². The number of hydrogen-bond donors (Lipinski definition) is 1. The number of anilines is 2. The van der Waals surface area contributed by atoms with Crippen LogP contribution in [-0.2, 0) is 0 Å². The highest BCUT2D eigenvalue weighted by atomic mass is 35.5. The minimum Gasteiger partial charge on any atom is -0.353 e. The number of nitrogens with one attached hydrogen (secondary N) is 1. The second-order valence-electron chi connectivity index (χ2n) is 4.32. The van der Waals surface area contributed by atoms with Gasteiger partial charge in [0.25, 0.3) is 0 Å². The minimum absolute atomic E-state index is 0.577. The molecule has 0 atom stereocenters. The van der Waals surface area contributed by atoms with E-state index in [-0.39, 0.29) is 0 Å². The van der Waals surface area contributed by atoms with Crippen LogP contribution in [0.1, 0.15) is 16.7 Å². The molecule has 19 heavy (non-hydrogen) atoms. The van der Waals surface area contributed by atoms with Gasteiger partial charge in [0.15, 0.2) is 0 Å². The Bertz CT molecular complexity index is 673. The van der Waals surface area contributed by atoms with Crippen LogP contribution in [0.3, 0.4) is 0 Å². The molecule has 0 aliphatic heterocycles. The lowest BCUT2D eigenvalue weighted by molar-refractivity contribution is 1.38. The van der Waals surface area contributed by atoms with Crippen molar-refractivity contribution < 1.29 is 0 Å². The van der Waals surface area contributed by atoms with Gasteiger partial charge in [0.05, 0.1) is 22.0 Å². The zero-order valence-corrected chi connectivity index (χ0v) is 12.1. The van der Waals surface area contributed by atoms with E-state index in [2.05, 4.69) is 11.4 Å². The first-order chi connectivity index (χ1) is 9.02. The molecule has 2 nitrogen and oxygen atoms in total. The summed E-state index contributed by atoms with van der Waals surface area (Å²) in [6, 6.07) is 11.3. The molecule has 0 saturated carbocycles. The van der Waals surface area contributed by atoms with Gasteiger partial charge in [-0.1, -0.05) is 35.3 Å². The fourth-order valence-electron chi connectivity index (χ4n) is 1.80. The van der Waals surface area contributed by atoms with Gasteiger partial charge in [0.2, 0.25) is 0 Å². The predicted molar refractivity (Wildman–Crippen MR) is 80.4 cm³/mol. The maximum Gasteiger partial charge on any atom is 0.101 e. The molecule has 2 aromatic rings. The van der Waals surface area contributed by atoms with E-state index in [1.54, 1.807) is 18.2 Å². The van der Waals surface area contributed by atoms with E-state index in [0.717, 1.165) is 16.8 Å². The van der Waals surface area contributed by atoms with Gasteiger partial charge in [0.1, 0.15) is 6.07 Å². The number of halogens is 2. The fraction of sp³-hybridized carbons (Fsp3) is 0.133. The van der Waals surface area contributed by atoms with Gasteiger partial charge in [0, 0.05) is 5.02 Å². The number of rotatable bonds is 2. The molecular formula is C15H12Cl2N2. The van der Waals surface area contributed by atoms with E-state index in [1.807, 2.05) is 26.0 Å². The van der Waals surface area contributed by atoms with Crippen molar-refractivity contribution in [2.45, 2.75) is 13.8 Å². The molecule has 0 heterocycles. The second-order valence-corrected chi connectivity index (χ2v) is 5.13. The van der Waals surface area contributed by atoms with Gasteiger partial charge >= 0.3 is 0 Å². The summed E-state index contributed by atoms with van der Waals surface area (Å²) in [5.74, 6) is 0. The first-order valence-corrected chi connectivity index (χ1v) is 6.51. The van der Waals surface area contributed by atoms with Crippen LogP contribution >= 0.6 is 23.2 Å². The molecule has 1 N–H and O–H groups in total. The zero-order valence-electron chi connectivity index (χ0n) is 10.6. The van der Waals surface area contributed by atoms with Crippen molar-refractivity contribution in [1.29, 1.82) is 5.26 Å². The van der Waals surface area contributed by atoms with Crippen molar-refractivity contribution in [3.05, 3.63) is 57.1 Å². The lowest BCUT2D eigenvalue weighted by atomic mass is 10.1. The van der Waals surface area contributed by atoms with E-state index >= 15 is 0 Å². The molecular weight excluding hydrogens is 279 g/mol. The monoisotopic (exact) mass is 290 g/mol. The highest BCUT2D eigenvalue weighted by Gasteiger charge is 2.09. The average Bonchev–Trinajstić information content (AvgIpc) is 2.38. The molecule has 0 unspecified atom stereocenters. The van der Waals surface area contributed by atoms with E-state index < -0.39 is 0 Å². The van der Waals surface area contributed by atoms with Crippen LogP contribution in [0.25, 0.3) is 0 Å². The Kier molecular flexibility index (Phi) is 3.99. The van der Waals surface area contributed by atoms with Crippen molar-refractivity contribution in [1.82, 2.24) is 0 Å². The summed E-state index contributed by atoms with van der Waals surface area (Å²) in [7, 11) is 0. The quantitative estimate of drug-likeness (QED) is 0.822. The Morgan fingerprint density at radius 1 is 1.05 bits per heavy atom. The number of aryl methyl sites for hydroxylation is 2. The number of para-hydroxylation sites is 1. The summed E-state index contributed by atoms with van der Waals surface area (Å²) in [4.78, 5) is 0. The summed E-state index contributed by atoms with van der Waals surface area (Å²) in [6.45, 7) is 3.83. The van der Waals surface area contributed by atoms with Crippen LogP contribution in [0.4, 0.5) is 11.4 Å². The van der Waals surface area contributed by atoms with Gasteiger partial charge in [-0.05, 0) is 43.2 Å². The second kappa shape index (κ2) is 5.52. The fourth-order valence-corrected chi connectivity index (χ4v) is 2.23.